The van der Waals surface area contributed by atoms with Crippen molar-refractivity contribution in [3.63, 3.8) is 0 Å². The van der Waals surface area contributed by atoms with E-state index in [2.05, 4.69) is 10.3 Å². The van der Waals surface area contributed by atoms with Gasteiger partial charge in [-0.1, -0.05) is 25.4 Å². The average Bonchev–Trinajstić information content (AvgIpc) is 2.26. The first-order chi connectivity index (χ1) is 7.94. The van der Waals surface area contributed by atoms with Crippen LogP contribution in [-0.4, -0.2) is 29.1 Å². The fourth-order valence-corrected chi connectivity index (χ4v) is 1.49. The number of aromatic nitrogens is 1. The Hall–Kier alpha value is -1.13. The first kappa shape index (κ1) is 13.9. The molecule has 0 radical (unpaired) electrons. The summed E-state index contributed by atoms with van der Waals surface area (Å²) >= 11 is 5.78. The molecule has 0 fully saturated rings. The molecule has 2 N–H and O–H groups in total. The van der Waals surface area contributed by atoms with Crippen molar-refractivity contribution in [1.29, 1.82) is 0 Å². The third kappa shape index (κ3) is 4.71. The molecule has 1 heterocycles. The zero-order valence-electron chi connectivity index (χ0n) is 10.0. The van der Waals surface area contributed by atoms with Crippen LogP contribution in [0.3, 0.4) is 0 Å². The van der Waals surface area contributed by atoms with Gasteiger partial charge in [0.05, 0.1) is 0 Å². The number of nitrogens with one attached hydrogen (secondary N) is 1. The van der Waals surface area contributed by atoms with E-state index in [1.54, 1.807) is 6.07 Å². The second-order valence-electron chi connectivity index (χ2n) is 4.68. The number of carbonyl (C=O) groups excluding carboxylic acids is 1. The first-order valence-electron chi connectivity index (χ1n) is 5.45. The van der Waals surface area contributed by atoms with Gasteiger partial charge in [-0.15, -0.1) is 0 Å². The Balaban J connectivity index is 2.56. The zero-order chi connectivity index (χ0) is 12.9. The maximum Gasteiger partial charge on any atom is 0.269 e. The van der Waals surface area contributed by atoms with Gasteiger partial charge in [-0.3, -0.25) is 9.78 Å². The van der Waals surface area contributed by atoms with Gasteiger partial charge in [-0.05, 0) is 24.0 Å². The molecule has 0 aliphatic rings. The van der Waals surface area contributed by atoms with Crippen LogP contribution in [0.5, 0.6) is 0 Å². The van der Waals surface area contributed by atoms with Crippen molar-refractivity contribution in [3.05, 3.63) is 29.0 Å². The predicted molar refractivity (Wildman–Crippen MR) is 67.1 cm³/mol. The Morgan fingerprint density at radius 3 is 2.88 bits per heavy atom. The van der Waals surface area contributed by atoms with Crippen molar-refractivity contribution < 1.29 is 9.90 Å². The third-order valence-corrected chi connectivity index (χ3v) is 2.71. The molecule has 0 aromatic carbocycles. The summed E-state index contributed by atoms with van der Waals surface area (Å²) in [6, 6.07) is 3.14. The molecule has 1 rings (SSSR count). The number of carbonyl (C=O) groups is 1. The van der Waals surface area contributed by atoms with E-state index in [0.29, 0.717) is 23.7 Å². The van der Waals surface area contributed by atoms with Gasteiger partial charge in [0.2, 0.25) is 0 Å². The van der Waals surface area contributed by atoms with Crippen LogP contribution in [0.15, 0.2) is 18.3 Å². The molecule has 0 unspecified atom stereocenters. The number of pyridine rings is 1. The minimum Gasteiger partial charge on any atom is -0.396 e. The Labute approximate surface area is 106 Å². The van der Waals surface area contributed by atoms with Crippen LogP contribution in [0.25, 0.3) is 0 Å². The van der Waals surface area contributed by atoms with E-state index in [-0.39, 0.29) is 17.9 Å². The largest absolute Gasteiger partial charge is 0.396 e. The van der Waals surface area contributed by atoms with Crippen LogP contribution in [0.4, 0.5) is 0 Å². The maximum atomic E-state index is 11.8. The van der Waals surface area contributed by atoms with Gasteiger partial charge >= 0.3 is 0 Å². The summed E-state index contributed by atoms with van der Waals surface area (Å²) < 4.78 is 0. The van der Waals surface area contributed by atoms with Gasteiger partial charge in [-0.2, -0.15) is 0 Å². The highest BCUT2D eigenvalue weighted by Gasteiger charge is 2.18. The van der Waals surface area contributed by atoms with Gasteiger partial charge < -0.3 is 10.4 Å². The van der Waals surface area contributed by atoms with Crippen molar-refractivity contribution >= 4 is 17.5 Å². The number of hydrogen-bond donors (Lipinski definition) is 2. The molecule has 1 amide bonds. The van der Waals surface area contributed by atoms with Gasteiger partial charge in [-0.25, -0.2) is 0 Å². The molecule has 0 bridgehead atoms. The monoisotopic (exact) mass is 256 g/mol. The summed E-state index contributed by atoms with van der Waals surface area (Å²) in [5.74, 6) is -0.251. The summed E-state index contributed by atoms with van der Waals surface area (Å²) in [5, 5.41) is 12.1. The lowest BCUT2D eigenvalue weighted by atomic mass is 9.90. The molecule has 0 atom stereocenters. The highest BCUT2D eigenvalue weighted by molar-refractivity contribution is 6.30. The molecular weight excluding hydrogens is 240 g/mol. The Bertz CT molecular complexity index is 394. The molecule has 17 heavy (non-hydrogen) atoms. The predicted octanol–water partition coefficient (Wildman–Crippen LogP) is 1.87. The summed E-state index contributed by atoms with van der Waals surface area (Å²) in [7, 11) is 0. The van der Waals surface area contributed by atoms with Crippen molar-refractivity contribution in [2.24, 2.45) is 5.41 Å². The van der Waals surface area contributed by atoms with Gasteiger partial charge in [0.1, 0.15) is 5.69 Å². The van der Waals surface area contributed by atoms with Crippen LogP contribution in [0.2, 0.25) is 5.02 Å². The van der Waals surface area contributed by atoms with Gasteiger partial charge in [0.25, 0.3) is 5.91 Å². The van der Waals surface area contributed by atoms with E-state index in [0.717, 1.165) is 0 Å². The highest BCUT2D eigenvalue weighted by atomic mass is 35.5. The molecule has 0 spiro atoms. The number of rotatable bonds is 5. The lowest BCUT2D eigenvalue weighted by Gasteiger charge is -2.23. The van der Waals surface area contributed by atoms with Gasteiger partial charge in [0.15, 0.2) is 0 Å². The molecule has 5 heteroatoms. The number of amides is 1. The lowest BCUT2D eigenvalue weighted by Crippen LogP contribution is -2.34. The van der Waals surface area contributed by atoms with E-state index in [1.165, 1.54) is 12.3 Å². The van der Waals surface area contributed by atoms with Crippen molar-refractivity contribution in [3.8, 4) is 0 Å². The smallest absolute Gasteiger partial charge is 0.269 e. The Kier molecular flexibility index (Phi) is 4.90. The van der Waals surface area contributed by atoms with Crippen LogP contribution in [-0.2, 0) is 0 Å². The summed E-state index contributed by atoms with van der Waals surface area (Å²) in [4.78, 5) is 15.7. The van der Waals surface area contributed by atoms with Crippen LogP contribution in [0, 0.1) is 5.41 Å². The van der Waals surface area contributed by atoms with E-state index in [9.17, 15) is 4.79 Å². The number of hydrogen-bond acceptors (Lipinski definition) is 3. The topological polar surface area (TPSA) is 62.2 Å². The van der Waals surface area contributed by atoms with Crippen molar-refractivity contribution in [1.82, 2.24) is 10.3 Å². The van der Waals surface area contributed by atoms with Crippen molar-refractivity contribution in [2.45, 2.75) is 20.3 Å². The van der Waals surface area contributed by atoms with Crippen LogP contribution < -0.4 is 5.32 Å². The van der Waals surface area contributed by atoms with Crippen molar-refractivity contribution in [2.75, 3.05) is 13.2 Å². The number of aliphatic hydroxyl groups excluding tert-OH is 1. The summed E-state index contributed by atoms with van der Waals surface area (Å²) in [5.41, 5.74) is 0.167. The highest BCUT2D eigenvalue weighted by Crippen LogP contribution is 2.18. The minimum absolute atomic E-state index is 0.109. The fraction of sp³-hybridized carbons (Fsp3) is 0.500. The van der Waals surface area contributed by atoms with E-state index >= 15 is 0 Å². The molecule has 1 aromatic rings. The van der Waals surface area contributed by atoms with E-state index in [4.69, 9.17) is 16.7 Å². The van der Waals surface area contributed by atoms with Gasteiger partial charge in [0, 0.05) is 24.4 Å². The fourth-order valence-electron chi connectivity index (χ4n) is 1.33. The van der Waals surface area contributed by atoms with E-state index in [1.807, 2.05) is 13.8 Å². The normalized spacial score (nSPS) is 11.3. The second kappa shape index (κ2) is 5.98. The standard InChI is InChI=1S/C12H17ClN2O2/c1-12(2,4-6-16)8-15-11(17)10-7-9(13)3-5-14-10/h3,5,7,16H,4,6,8H2,1-2H3,(H,15,17). The number of aliphatic hydroxyl groups is 1. The molecule has 0 aliphatic carbocycles. The van der Waals surface area contributed by atoms with Crippen LogP contribution in [0.1, 0.15) is 30.8 Å². The number of nitrogens with zero attached hydrogens (tertiary/aromatic N) is 1. The average molecular weight is 257 g/mol. The zero-order valence-corrected chi connectivity index (χ0v) is 10.8. The molecule has 0 aliphatic heterocycles. The third-order valence-electron chi connectivity index (χ3n) is 2.47. The molecule has 0 saturated heterocycles. The number of halogens is 1. The molecular formula is C12H17ClN2O2. The minimum atomic E-state index is -0.251. The maximum absolute atomic E-state index is 11.8. The van der Waals surface area contributed by atoms with E-state index < -0.39 is 0 Å². The molecule has 0 saturated carbocycles. The molecule has 4 nitrogen and oxygen atoms in total. The summed E-state index contributed by atoms with van der Waals surface area (Å²) in [6.45, 7) is 4.56. The quantitative estimate of drug-likeness (QED) is 0.846. The first-order valence-corrected chi connectivity index (χ1v) is 5.83. The Morgan fingerprint density at radius 1 is 1.59 bits per heavy atom. The molecule has 94 valence electrons. The second-order valence-corrected chi connectivity index (χ2v) is 5.12. The lowest BCUT2D eigenvalue weighted by molar-refractivity contribution is 0.0923. The summed E-state index contributed by atoms with van der Waals surface area (Å²) in [6.07, 6.45) is 2.13. The Morgan fingerprint density at radius 2 is 2.29 bits per heavy atom. The SMILES string of the molecule is CC(C)(CCO)CNC(=O)c1cc(Cl)ccn1. The molecule has 1 aromatic heterocycles. The van der Waals surface area contributed by atoms with Crippen LogP contribution >= 0.6 is 11.6 Å².